The molecule has 0 aromatic rings. The van der Waals surface area contributed by atoms with Gasteiger partial charge in [-0.25, -0.2) is 0 Å². The number of rotatable bonds is 6. The van der Waals surface area contributed by atoms with Crippen LogP contribution in [0.5, 0.6) is 0 Å². The zero-order valence-electron chi connectivity index (χ0n) is 10.8. The Morgan fingerprint density at radius 1 is 1.41 bits per heavy atom. The average molecular weight is 242 g/mol. The number of aliphatic carboxylic acids is 1. The monoisotopic (exact) mass is 242 g/mol. The second-order valence-corrected chi connectivity index (χ2v) is 4.91. The summed E-state index contributed by atoms with van der Waals surface area (Å²) in [4.78, 5) is 24.3. The second-order valence-electron chi connectivity index (χ2n) is 4.91. The molecule has 1 aliphatic heterocycles. The molecule has 1 rings (SSSR count). The summed E-state index contributed by atoms with van der Waals surface area (Å²) in [5.41, 5.74) is 0. The Morgan fingerprint density at radius 2 is 2.00 bits per heavy atom. The molecule has 1 amide bonds. The Balaban J connectivity index is 2.28. The Kier molecular flexibility index (Phi) is 4.93. The number of amides is 1. The molecule has 0 aromatic heterocycles. The molecule has 98 valence electrons. The minimum absolute atomic E-state index is 0.0353. The van der Waals surface area contributed by atoms with E-state index in [-0.39, 0.29) is 30.3 Å². The molecule has 0 aromatic carbocycles. The van der Waals surface area contributed by atoms with Crippen molar-refractivity contribution in [2.45, 2.75) is 45.7 Å². The first-order chi connectivity index (χ1) is 7.93. The highest BCUT2D eigenvalue weighted by molar-refractivity contribution is 5.81. The molecule has 2 unspecified atom stereocenters. The summed E-state index contributed by atoms with van der Waals surface area (Å²) >= 11 is 0. The van der Waals surface area contributed by atoms with Gasteiger partial charge in [-0.1, -0.05) is 6.92 Å². The van der Waals surface area contributed by atoms with E-state index < -0.39 is 5.97 Å². The van der Waals surface area contributed by atoms with E-state index in [0.29, 0.717) is 13.1 Å². The standard InChI is InChI=1S/C12H22N2O3/c1-4-8(2)13-12(17)9(3)14-6-10(7-14)5-11(15)16/h8-10H,4-7H2,1-3H3,(H,13,17)(H,15,16). The number of carbonyl (C=O) groups excluding carboxylic acids is 1. The van der Waals surface area contributed by atoms with Crippen LogP contribution in [0.3, 0.4) is 0 Å². The van der Waals surface area contributed by atoms with E-state index in [9.17, 15) is 9.59 Å². The Morgan fingerprint density at radius 3 is 2.47 bits per heavy atom. The normalized spacial score (nSPS) is 20.4. The molecule has 2 atom stereocenters. The Labute approximate surface area is 102 Å². The maximum absolute atomic E-state index is 11.8. The lowest BCUT2D eigenvalue weighted by Gasteiger charge is -2.42. The molecule has 0 spiro atoms. The summed E-state index contributed by atoms with van der Waals surface area (Å²) in [6.07, 6.45) is 1.12. The van der Waals surface area contributed by atoms with Gasteiger partial charge in [0.15, 0.2) is 0 Å². The lowest BCUT2D eigenvalue weighted by molar-refractivity contribution is -0.140. The van der Waals surface area contributed by atoms with E-state index in [2.05, 4.69) is 5.32 Å². The third kappa shape index (κ3) is 4.00. The number of likely N-dealkylation sites (tertiary alicyclic amines) is 1. The summed E-state index contributed by atoms with van der Waals surface area (Å²) in [5.74, 6) is -0.522. The average Bonchev–Trinajstić information content (AvgIpc) is 2.21. The van der Waals surface area contributed by atoms with Crippen molar-refractivity contribution >= 4 is 11.9 Å². The van der Waals surface area contributed by atoms with Crippen LogP contribution in [0.4, 0.5) is 0 Å². The van der Waals surface area contributed by atoms with E-state index in [1.165, 1.54) is 0 Å². The van der Waals surface area contributed by atoms with Crippen LogP contribution in [0, 0.1) is 5.92 Å². The summed E-state index contributed by atoms with van der Waals surface area (Å²) in [6, 6.07) is 0.0371. The van der Waals surface area contributed by atoms with Crippen molar-refractivity contribution in [2.75, 3.05) is 13.1 Å². The van der Waals surface area contributed by atoms with Gasteiger partial charge in [0.1, 0.15) is 0 Å². The number of nitrogens with zero attached hydrogens (tertiary/aromatic N) is 1. The van der Waals surface area contributed by atoms with E-state index in [1.807, 2.05) is 25.7 Å². The molecule has 1 fully saturated rings. The molecular formula is C12H22N2O3. The van der Waals surface area contributed by atoms with Crippen LogP contribution in [-0.2, 0) is 9.59 Å². The lowest BCUT2D eigenvalue weighted by atomic mass is 9.94. The van der Waals surface area contributed by atoms with Gasteiger partial charge in [0.05, 0.1) is 12.5 Å². The van der Waals surface area contributed by atoms with Crippen molar-refractivity contribution in [3.05, 3.63) is 0 Å². The molecule has 1 aliphatic rings. The number of carbonyl (C=O) groups is 2. The van der Waals surface area contributed by atoms with Crippen molar-refractivity contribution in [1.82, 2.24) is 10.2 Å². The molecule has 0 aliphatic carbocycles. The van der Waals surface area contributed by atoms with Crippen LogP contribution in [0.1, 0.15) is 33.6 Å². The summed E-state index contributed by atoms with van der Waals surface area (Å²) in [6.45, 7) is 7.30. The topological polar surface area (TPSA) is 69.6 Å². The summed E-state index contributed by atoms with van der Waals surface area (Å²) < 4.78 is 0. The van der Waals surface area contributed by atoms with E-state index in [1.54, 1.807) is 0 Å². The highest BCUT2D eigenvalue weighted by Crippen LogP contribution is 2.21. The maximum atomic E-state index is 11.8. The van der Waals surface area contributed by atoms with Crippen molar-refractivity contribution in [1.29, 1.82) is 0 Å². The van der Waals surface area contributed by atoms with Gasteiger partial charge in [-0.05, 0) is 26.2 Å². The number of hydrogen-bond donors (Lipinski definition) is 2. The van der Waals surface area contributed by atoms with Crippen molar-refractivity contribution in [3.8, 4) is 0 Å². The molecule has 5 heteroatoms. The molecule has 2 N–H and O–H groups in total. The van der Waals surface area contributed by atoms with Gasteiger partial charge in [-0.2, -0.15) is 0 Å². The van der Waals surface area contributed by atoms with Gasteiger partial charge in [0, 0.05) is 19.1 Å². The van der Waals surface area contributed by atoms with Crippen LogP contribution in [0.15, 0.2) is 0 Å². The van der Waals surface area contributed by atoms with Crippen molar-refractivity contribution in [3.63, 3.8) is 0 Å². The van der Waals surface area contributed by atoms with Gasteiger partial charge >= 0.3 is 5.97 Å². The highest BCUT2D eigenvalue weighted by atomic mass is 16.4. The fourth-order valence-electron chi connectivity index (χ4n) is 1.93. The number of carboxylic acid groups (broad SMARTS) is 1. The van der Waals surface area contributed by atoms with Gasteiger partial charge in [0.2, 0.25) is 5.91 Å². The smallest absolute Gasteiger partial charge is 0.303 e. The zero-order valence-corrected chi connectivity index (χ0v) is 10.8. The van der Waals surface area contributed by atoms with E-state index in [0.717, 1.165) is 6.42 Å². The van der Waals surface area contributed by atoms with E-state index in [4.69, 9.17) is 5.11 Å². The molecule has 1 saturated heterocycles. The van der Waals surface area contributed by atoms with Gasteiger partial charge in [-0.15, -0.1) is 0 Å². The van der Waals surface area contributed by atoms with Crippen LogP contribution in [0.25, 0.3) is 0 Å². The van der Waals surface area contributed by atoms with Gasteiger partial charge in [0.25, 0.3) is 0 Å². The number of hydrogen-bond acceptors (Lipinski definition) is 3. The molecule has 0 bridgehead atoms. The first kappa shape index (κ1) is 14.0. The minimum Gasteiger partial charge on any atom is -0.481 e. The predicted octanol–water partition coefficient (Wildman–Crippen LogP) is 0.696. The fourth-order valence-corrected chi connectivity index (χ4v) is 1.93. The van der Waals surface area contributed by atoms with Crippen LogP contribution < -0.4 is 5.32 Å². The largest absolute Gasteiger partial charge is 0.481 e. The van der Waals surface area contributed by atoms with Crippen LogP contribution in [-0.4, -0.2) is 47.1 Å². The number of carboxylic acids is 1. The van der Waals surface area contributed by atoms with Crippen molar-refractivity contribution < 1.29 is 14.7 Å². The predicted molar refractivity (Wildman–Crippen MR) is 64.7 cm³/mol. The quantitative estimate of drug-likeness (QED) is 0.719. The second kappa shape index (κ2) is 6.00. The number of nitrogens with one attached hydrogen (secondary N) is 1. The van der Waals surface area contributed by atoms with Crippen LogP contribution >= 0.6 is 0 Å². The van der Waals surface area contributed by atoms with Gasteiger partial charge in [-0.3, -0.25) is 14.5 Å². The minimum atomic E-state index is -0.758. The molecule has 5 nitrogen and oxygen atoms in total. The molecular weight excluding hydrogens is 220 g/mol. The summed E-state index contributed by atoms with van der Waals surface area (Å²) in [7, 11) is 0. The zero-order chi connectivity index (χ0) is 13.0. The van der Waals surface area contributed by atoms with Gasteiger partial charge < -0.3 is 10.4 Å². The molecule has 17 heavy (non-hydrogen) atoms. The lowest BCUT2D eigenvalue weighted by Crippen LogP contribution is -2.57. The maximum Gasteiger partial charge on any atom is 0.303 e. The first-order valence-electron chi connectivity index (χ1n) is 6.20. The SMILES string of the molecule is CCC(C)NC(=O)C(C)N1CC(CC(=O)O)C1. The highest BCUT2D eigenvalue weighted by Gasteiger charge is 2.34. The third-order valence-electron chi connectivity index (χ3n) is 3.38. The van der Waals surface area contributed by atoms with E-state index >= 15 is 0 Å². The third-order valence-corrected chi connectivity index (χ3v) is 3.38. The Hall–Kier alpha value is -1.10. The summed E-state index contributed by atoms with van der Waals surface area (Å²) in [5, 5.41) is 11.6. The van der Waals surface area contributed by atoms with Crippen LogP contribution in [0.2, 0.25) is 0 Å². The fraction of sp³-hybridized carbons (Fsp3) is 0.833. The molecule has 0 saturated carbocycles. The molecule has 1 heterocycles. The van der Waals surface area contributed by atoms with Crippen molar-refractivity contribution in [2.24, 2.45) is 5.92 Å². The first-order valence-corrected chi connectivity index (χ1v) is 6.20. The Bertz CT molecular complexity index is 287. The molecule has 0 radical (unpaired) electrons.